The summed E-state index contributed by atoms with van der Waals surface area (Å²) in [6.07, 6.45) is 2.22. The molecule has 0 unspecified atom stereocenters. The highest BCUT2D eigenvalue weighted by Gasteiger charge is 1.98. The maximum Gasteiger partial charge on any atom is 0.0945 e. The van der Waals surface area contributed by atoms with Gasteiger partial charge in [0.1, 0.15) is 0 Å². The summed E-state index contributed by atoms with van der Waals surface area (Å²) in [5.41, 5.74) is 2.06. The third-order valence-corrected chi connectivity index (χ3v) is 3.20. The quantitative estimate of drug-likeness (QED) is 0.569. The summed E-state index contributed by atoms with van der Waals surface area (Å²) in [4.78, 5) is 0. The highest BCUT2D eigenvalue weighted by molar-refractivity contribution is 7.85. The number of hydrogen-bond donors (Lipinski definition) is 0. The van der Waals surface area contributed by atoms with E-state index in [1.807, 2.05) is 24.3 Å². The van der Waals surface area contributed by atoms with Crippen molar-refractivity contribution in [3.05, 3.63) is 35.4 Å². The van der Waals surface area contributed by atoms with Crippen LogP contribution in [0.3, 0.4) is 0 Å². The van der Waals surface area contributed by atoms with E-state index in [-0.39, 0.29) is 5.75 Å². The minimum absolute atomic E-state index is 0.292. The van der Waals surface area contributed by atoms with E-state index in [0.717, 1.165) is 17.5 Å². The van der Waals surface area contributed by atoms with Crippen LogP contribution in [-0.4, -0.2) is 18.7 Å². The van der Waals surface area contributed by atoms with Gasteiger partial charge in [-0.2, -0.15) is 5.26 Å². The molecule has 1 rings (SSSR count). The lowest BCUT2D eigenvalue weighted by Crippen LogP contribution is -2.04. The van der Waals surface area contributed by atoms with Gasteiger partial charge < -0.3 is 4.55 Å². The molecule has 0 fully saturated rings. The standard InChI is InChI=1S/C12H15NO3S/c13-9-8-12-6-4-11(5-7-12)3-1-2-10-17(14,15)16/h4-7H,1-3,8,10H2,(H,14,15,16)/p-1. The lowest BCUT2D eigenvalue weighted by atomic mass is 10.1. The van der Waals surface area contributed by atoms with Crippen molar-refractivity contribution in [3.8, 4) is 6.07 Å². The van der Waals surface area contributed by atoms with E-state index >= 15 is 0 Å². The Morgan fingerprint density at radius 1 is 1.12 bits per heavy atom. The van der Waals surface area contributed by atoms with Crippen molar-refractivity contribution in [1.82, 2.24) is 0 Å². The minimum Gasteiger partial charge on any atom is -0.748 e. The van der Waals surface area contributed by atoms with Gasteiger partial charge >= 0.3 is 0 Å². The first-order valence-corrected chi connectivity index (χ1v) is 6.97. The normalized spacial score (nSPS) is 11.1. The Hall–Kier alpha value is -1.38. The smallest absolute Gasteiger partial charge is 0.0945 e. The molecular weight excluding hydrogens is 238 g/mol. The third kappa shape index (κ3) is 6.05. The molecule has 0 aliphatic heterocycles. The predicted molar refractivity (Wildman–Crippen MR) is 63.3 cm³/mol. The Balaban J connectivity index is 2.35. The molecule has 0 radical (unpaired) electrons. The number of unbranched alkanes of at least 4 members (excludes halogenated alkanes) is 1. The van der Waals surface area contributed by atoms with Crippen molar-refractivity contribution in [3.63, 3.8) is 0 Å². The van der Waals surface area contributed by atoms with Crippen LogP contribution in [0, 0.1) is 11.3 Å². The average molecular weight is 252 g/mol. The Bertz CT molecular complexity index is 485. The van der Waals surface area contributed by atoms with Gasteiger partial charge in [-0.3, -0.25) is 0 Å². The van der Waals surface area contributed by atoms with Gasteiger partial charge in [0, 0.05) is 5.75 Å². The van der Waals surface area contributed by atoms with Crippen molar-refractivity contribution in [1.29, 1.82) is 5.26 Å². The number of hydrogen-bond acceptors (Lipinski definition) is 4. The summed E-state index contributed by atoms with van der Waals surface area (Å²) in [7, 11) is -4.08. The van der Waals surface area contributed by atoms with Gasteiger partial charge in [0.15, 0.2) is 0 Å². The maximum atomic E-state index is 10.4. The second-order valence-corrected chi connectivity index (χ2v) is 5.39. The summed E-state index contributed by atoms with van der Waals surface area (Å²) >= 11 is 0. The third-order valence-electron chi connectivity index (χ3n) is 2.42. The maximum absolute atomic E-state index is 10.4. The molecule has 0 saturated heterocycles. The molecule has 0 atom stereocenters. The molecule has 1 aromatic rings. The molecule has 5 heteroatoms. The lowest BCUT2D eigenvalue weighted by molar-refractivity contribution is 0.460. The molecule has 17 heavy (non-hydrogen) atoms. The molecule has 92 valence electrons. The molecule has 0 bridgehead atoms. The molecular formula is C12H14NO3S-. The fourth-order valence-corrected chi connectivity index (χ4v) is 2.08. The summed E-state index contributed by atoms with van der Waals surface area (Å²) in [6.45, 7) is 0. The number of nitriles is 1. The summed E-state index contributed by atoms with van der Waals surface area (Å²) < 4.78 is 31.1. The molecule has 0 spiro atoms. The molecule has 0 heterocycles. The molecule has 0 aliphatic rings. The first kappa shape index (κ1) is 13.7. The lowest BCUT2D eigenvalue weighted by Gasteiger charge is -2.06. The van der Waals surface area contributed by atoms with E-state index in [9.17, 15) is 13.0 Å². The van der Waals surface area contributed by atoms with Crippen LogP contribution in [0.2, 0.25) is 0 Å². The molecule has 0 aromatic heterocycles. The SMILES string of the molecule is N#CCc1ccc(CCCCS(=O)(=O)[O-])cc1. The van der Waals surface area contributed by atoms with Crippen LogP contribution in [0.15, 0.2) is 24.3 Å². The first-order chi connectivity index (χ1) is 8.01. The summed E-state index contributed by atoms with van der Waals surface area (Å²) in [5.74, 6) is -0.292. The molecule has 1 aromatic carbocycles. The second-order valence-electron chi connectivity index (χ2n) is 3.87. The zero-order valence-electron chi connectivity index (χ0n) is 9.43. The summed E-state index contributed by atoms with van der Waals surface area (Å²) in [5, 5.41) is 8.50. The molecule has 0 saturated carbocycles. The van der Waals surface area contributed by atoms with Crippen molar-refractivity contribution in [2.24, 2.45) is 0 Å². The van der Waals surface area contributed by atoms with Crippen LogP contribution in [0.25, 0.3) is 0 Å². The van der Waals surface area contributed by atoms with Crippen LogP contribution >= 0.6 is 0 Å². The Labute approximate surface area is 102 Å². The summed E-state index contributed by atoms with van der Waals surface area (Å²) in [6, 6.07) is 9.71. The Morgan fingerprint density at radius 2 is 1.71 bits per heavy atom. The van der Waals surface area contributed by atoms with E-state index in [1.54, 1.807) is 0 Å². The number of aryl methyl sites for hydroxylation is 1. The van der Waals surface area contributed by atoms with Gasteiger partial charge in [0.2, 0.25) is 0 Å². The van der Waals surface area contributed by atoms with Gasteiger partial charge in [-0.05, 0) is 30.4 Å². The minimum atomic E-state index is -4.08. The van der Waals surface area contributed by atoms with Crippen molar-refractivity contribution >= 4 is 10.1 Å². The number of rotatable bonds is 6. The van der Waals surface area contributed by atoms with Crippen LogP contribution < -0.4 is 0 Å². The van der Waals surface area contributed by atoms with Gasteiger partial charge in [0.05, 0.1) is 22.6 Å². The zero-order chi connectivity index (χ0) is 12.7. The van der Waals surface area contributed by atoms with E-state index in [0.29, 0.717) is 19.3 Å². The number of nitrogens with zero attached hydrogens (tertiary/aromatic N) is 1. The largest absolute Gasteiger partial charge is 0.748 e. The van der Waals surface area contributed by atoms with E-state index in [4.69, 9.17) is 5.26 Å². The molecule has 0 amide bonds. The van der Waals surface area contributed by atoms with E-state index in [1.165, 1.54) is 0 Å². The molecule has 4 nitrogen and oxygen atoms in total. The highest BCUT2D eigenvalue weighted by atomic mass is 32.2. The fourth-order valence-electron chi connectivity index (χ4n) is 1.52. The van der Waals surface area contributed by atoms with Crippen LogP contribution in [0.5, 0.6) is 0 Å². The highest BCUT2D eigenvalue weighted by Crippen LogP contribution is 2.08. The van der Waals surface area contributed by atoms with Gasteiger partial charge in [-0.1, -0.05) is 24.3 Å². The van der Waals surface area contributed by atoms with Crippen LogP contribution in [-0.2, 0) is 23.0 Å². The van der Waals surface area contributed by atoms with Crippen molar-refractivity contribution in [2.45, 2.75) is 25.7 Å². The van der Waals surface area contributed by atoms with Crippen LogP contribution in [0.1, 0.15) is 24.0 Å². The van der Waals surface area contributed by atoms with Crippen molar-refractivity contribution in [2.75, 3.05) is 5.75 Å². The van der Waals surface area contributed by atoms with E-state index < -0.39 is 10.1 Å². The number of benzene rings is 1. The van der Waals surface area contributed by atoms with E-state index in [2.05, 4.69) is 6.07 Å². The van der Waals surface area contributed by atoms with Crippen LogP contribution in [0.4, 0.5) is 0 Å². The van der Waals surface area contributed by atoms with Crippen molar-refractivity contribution < 1.29 is 13.0 Å². The monoisotopic (exact) mass is 252 g/mol. The molecule has 0 aliphatic carbocycles. The van der Waals surface area contributed by atoms with Gasteiger partial charge in [0.25, 0.3) is 0 Å². The Morgan fingerprint density at radius 3 is 2.24 bits per heavy atom. The zero-order valence-corrected chi connectivity index (χ0v) is 10.2. The Kier molecular flexibility index (Phi) is 5.13. The topological polar surface area (TPSA) is 81.0 Å². The van der Waals surface area contributed by atoms with Gasteiger partial charge in [-0.25, -0.2) is 8.42 Å². The second kappa shape index (κ2) is 6.38. The molecule has 0 N–H and O–H groups in total. The average Bonchev–Trinajstić information content (AvgIpc) is 2.26. The van der Waals surface area contributed by atoms with Gasteiger partial charge in [-0.15, -0.1) is 0 Å². The first-order valence-electron chi connectivity index (χ1n) is 5.39. The predicted octanol–water partition coefficient (Wildman–Crippen LogP) is 1.62. The fraction of sp³-hybridized carbons (Fsp3) is 0.417.